The van der Waals surface area contributed by atoms with E-state index >= 15 is 0 Å². The molecule has 1 heterocycles. The summed E-state index contributed by atoms with van der Waals surface area (Å²) in [6, 6.07) is 11.6. The number of benzene rings is 1. The normalized spacial score (nSPS) is 18.1. The van der Waals surface area contributed by atoms with Gasteiger partial charge in [-0.25, -0.2) is 0 Å². The van der Waals surface area contributed by atoms with Crippen LogP contribution in [-0.4, -0.2) is 68.1 Å². The third-order valence-corrected chi connectivity index (χ3v) is 4.33. The molecule has 1 saturated heterocycles. The molecule has 0 N–H and O–H groups in total. The van der Waals surface area contributed by atoms with Crippen LogP contribution in [0, 0.1) is 0 Å². The van der Waals surface area contributed by atoms with Crippen molar-refractivity contribution in [2.24, 2.45) is 0 Å². The first-order valence-corrected chi connectivity index (χ1v) is 7.76. The van der Waals surface area contributed by atoms with Gasteiger partial charge in [0.2, 0.25) is 0 Å². The summed E-state index contributed by atoms with van der Waals surface area (Å²) in [6.07, 6.45) is 2.60. The predicted molar refractivity (Wildman–Crippen MR) is 85.9 cm³/mol. The van der Waals surface area contributed by atoms with Gasteiger partial charge in [0.15, 0.2) is 0 Å². The molecule has 0 saturated carbocycles. The van der Waals surface area contributed by atoms with E-state index in [0.717, 1.165) is 19.1 Å². The molecule has 3 nitrogen and oxygen atoms in total. The fourth-order valence-electron chi connectivity index (χ4n) is 2.90. The third-order valence-electron chi connectivity index (χ3n) is 4.33. The van der Waals surface area contributed by atoms with E-state index in [1.165, 1.54) is 38.0 Å². The van der Waals surface area contributed by atoms with Crippen LogP contribution in [0.4, 0.5) is 0 Å². The summed E-state index contributed by atoms with van der Waals surface area (Å²) in [5.41, 5.74) is 1.44. The maximum atomic E-state index is 2.59. The average molecular weight is 275 g/mol. The largest absolute Gasteiger partial charge is 0.308 e. The number of rotatable bonds is 6. The molecule has 1 aliphatic rings. The number of hydrogen-bond donors (Lipinski definition) is 0. The van der Waals surface area contributed by atoms with Gasteiger partial charge in [-0.2, -0.15) is 0 Å². The summed E-state index contributed by atoms with van der Waals surface area (Å²) in [4.78, 5) is 7.40. The summed E-state index contributed by atoms with van der Waals surface area (Å²) in [6.45, 7) is 5.89. The number of hydrogen-bond acceptors (Lipinski definition) is 3. The Morgan fingerprint density at radius 1 is 1.00 bits per heavy atom. The molecule has 0 bridgehead atoms. The van der Waals surface area contributed by atoms with Gasteiger partial charge in [0, 0.05) is 25.7 Å². The van der Waals surface area contributed by atoms with Crippen molar-refractivity contribution in [2.45, 2.75) is 25.4 Å². The van der Waals surface area contributed by atoms with E-state index in [0.29, 0.717) is 0 Å². The Hall–Kier alpha value is -0.900. The molecule has 2 rings (SSSR count). The molecule has 3 heteroatoms. The average Bonchev–Trinajstić information content (AvgIpc) is 2.46. The predicted octanol–water partition coefficient (Wildman–Crippen LogP) is 2.14. The van der Waals surface area contributed by atoms with Gasteiger partial charge in [-0.1, -0.05) is 30.3 Å². The van der Waals surface area contributed by atoms with Crippen molar-refractivity contribution < 1.29 is 0 Å². The molecule has 1 aliphatic heterocycles. The summed E-state index contributed by atoms with van der Waals surface area (Å²) < 4.78 is 0. The van der Waals surface area contributed by atoms with Crippen LogP contribution in [0.3, 0.4) is 0 Å². The van der Waals surface area contributed by atoms with Crippen LogP contribution in [0.25, 0.3) is 0 Å². The molecular weight excluding hydrogens is 246 g/mol. The van der Waals surface area contributed by atoms with Gasteiger partial charge >= 0.3 is 0 Å². The summed E-state index contributed by atoms with van der Waals surface area (Å²) in [5, 5.41) is 0. The number of piperidine rings is 1. The van der Waals surface area contributed by atoms with Crippen molar-refractivity contribution in [3.8, 4) is 0 Å². The van der Waals surface area contributed by atoms with Crippen LogP contribution < -0.4 is 0 Å². The van der Waals surface area contributed by atoms with E-state index in [4.69, 9.17) is 0 Å². The molecule has 0 aromatic heterocycles. The van der Waals surface area contributed by atoms with Gasteiger partial charge in [-0.05, 0) is 52.6 Å². The van der Waals surface area contributed by atoms with Gasteiger partial charge in [0.1, 0.15) is 0 Å². The second kappa shape index (κ2) is 7.77. The Morgan fingerprint density at radius 3 is 2.25 bits per heavy atom. The zero-order valence-electron chi connectivity index (χ0n) is 13.3. The van der Waals surface area contributed by atoms with Gasteiger partial charge < -0.3 is 9.80 Å². The molecule has 1 fully saturated rings. The fraction of sp³-hybridized carbons (Fsp3) is 0.647. The molecule has 112 valence electrons. The monoisotopic (exact) mass is 275 g/mol. The lowest BCUT2D eigenvalue weighted by Gasteiger charge is -2.37. The smallest absolute Gasteiger partial charge is 0.0233 e. The van der Waals surface area contributed by atoms with Crippen LogP contribution >= 0.6 is 0 Å². The first kappa shape index (κ1) is 15.5. The minimum atomic E-state index is 0.766. The Labute approximate surface area is 124 Å². The van der Waals surface area contributed by atoms with E-state index in [2.05, 4.69) is 66.2 Å². The SMILES string of the molecule is CN(C)CCN(C)C1CCN(Cc2ccccc2)CC1. The number of likely N-dealkylation sites (tertiary alicyclic amines) is 1. The second-order valence-electron chi connectivity index (χ2n) is 6.28. The van der Waals surface area contributed by atoms with Crippen molar-refractivity contribution in [1.29, 1.82) is 0 Å². The number of nitrogens with zero attached hydrogens (tertiary/aromatic N) is 3. The zero-order chi connectivity index (χ0) is 14.4. The highest BCUT2D eigenvalue weighted by atomic mass is 15.2. The molecule has 0 atom stereocenters. The van der Waals surface area contributed by atoms with E-state index < -0.39 is 0 Å². The van der Waals surface area contributed by atoms with Crippen molar-refractivity contribution in [3.63, 3.8) is 0 Å². The van der Waals surface area contributed by atoms with Gasteiger partial charge in [0.25, 0.3) is 0 Å². The van der Waals surface area contributed by atoms with Crippen LogP contribution in [-0.2, 0) is 6.54 Å². The molecular formula is C17H29N3. The van der Waals surface area contributed by atoms with Gasteiger partial charge in [-0.3, -0.25) is 4.90 Å². The topological polar surface area (TPSA) is 9.72 Å². The van der Waals surface area contributed by atoms with Crippen molar-refractivity contribution in [2.75, 3.05) is 47.3 Å². The number of likely N-dealkylation sites (N-methyl/N-ethyl adjacent to an activating group) is 2. The van der Waals surface area contributed by atoms with Gasteiger partial charge in [0.05, 0.1) is 0 Å². The van der Waals surface area contributed by atoms with E-state index in [1.54, 1.807) is 0 Å². The molecule has 1 aromatic carbocycles. The zero-order valence-corrected chi connectivity index (χ0v) is 13.3. The third kappa shape index (κ3) is 4.89. The van der Waals surface area contributed by atoms with Crippen LogP contribution in [0.1, 0.15) is 18.4 Å². The van der Waals surface area contributed by atoms with Crippen LogP contribution in [0.15, 0.2) is 30.3 Å². The molecule has 0 radical (unpaired) electrons. The lowest BCUT2D eigenvalue weighted by Crippen LogP contribution is -2.44. The highest BCUT2D eigenvalue weighted by Crippen LogP contribution is 2.17. The first-order valence-electron chi connectivity index (χ1n) is 7.76. The summed E-state index contributed by atoms with van der Waals surface area (Å²) in [5.74, 6) is 0. The highest BCUT2D eigenvalue weighted by molar-refractivity contribution is 5.14. The van der Waals surface area contributed by atoms with Crippen molar-refractivity contribution >= 4 is 0 Å². The lowest BCUT2D eigenvalue weighted by molar-refractivity contribution is 0.118. The molecule has 0 spiro atoms. The summed E-state index contributed by atoms with van der Waals surface area (Å²) in [7, 11) is 6.58. The van der Waals surface area contributed by atoms with E-state index in [-0.39, 0.29) is 0 Å². The maximum absolute atomic E-state index is 2.59. The quantitative estimate of drug-likeness (QED) is 0.787. The maximum Gasteiger partial charge on any atom is 0.0233 e. The molecule has 0 amide bonds. The van der Waals surface area contributed by atoms with Gasteiger partial charge in [-0.15, -0.1) is 0 Å². The Balaban J connectivity index is 1.72. The lowest BCUT2D eigenvalue weighted by atomic mass is 10.0. The molecule has 1 aromatic rings. The van der Waals surface area contributed by atoms with Crippen LogP contribution in [0.2, 0.25) is 0 Å². The standard InChI is InChI=1S/C17H29N3/c1-18(2)13-14-19(3)17-9-11-20(12-10-17)15-16-7-5-4-6-8-16/h4-8,17H,9-15H2,1-3H3. The van der Waals surface area contributed by atoms with E-state index in [1.807, 2.05) is 0 Å². The molecule has 0 aliphatic carbocycles. The van der Waals surface area contributed by atoms with Crippen LogP contribution in [0.5, 0.6) is 0 Å². The summed E-state index contributed by atoms with van der Waals surface area (Å²) >= 11 is 0. The second-order valence-corrected chi connectivity index (χ2v) is 6.28. The Bertz CT molecular complexity index is 369. The highest BCUT2D eigenvalue weighted by Gasteiger charge is 2.22. The van der Waals surface area contributed by atoms with Crippen molar-refractivity contribution in [3.05, 3.63) is 35.9 Å². The Morgan fingerprint density at radius 2 is 1.65 bits per heavy atom. The first-order chi connectivity index (χ1) is 9.65. The van der Waals surface area contributed by atoms with E-state index in [9.17, 15) is 0 Å². The van der Waals surface area contributed by atoms with Crippen molar-refractivity contribution in [1.82, 2.24) is 14.7 Å². The molecule has 0 unspecified atom stereocenters. The molecule has 20 heavy (non-hydrogen) atoms. The Kier molecular flexibility index (Phi) is 6.02. The minimum Gasteiger partial charge on any atom is -0.308 e. The fourth-order valence-corrected chi connectivity index (χ4v) is 2.90. The minimum absolute atomic E-state index is 0.766.